The number of benzene rings is 1. The van der Waals surface area contributed by atoms with Gasteiger partial charge in [-0.2, -0.15) is 8.78 Å². The van der Waals surface area contributed by atoms with E-state index in [1.54, 1.807) is 12.1 Å². The zero-order valence-corrected chi connectivity index (χ0v) is 12.1. The predicted molar refractivity (Wildman–Crippen MR) is 75.6 cm³/mol. The molecule has 1 N–H and O–H groups in total. The molecule has 2 aromatic rings. The first-order valence-electron chi connectivity index (χ1n) is 5.99. The van der Waals surface area contributed by atoms with E-state index < -0.39 is 6.61 Å². The monoisotopic (exact) mass is 342 g/mol. The van der Waals surface area contributed by atoms with Crippen LogP contribution < -0.4 is 10.1 Å². The van der Waals surface area contributed by atoms with E-state index in [1.165, 1.54) is 12.1 Å². The number of hydrogen-bond donors (Lipinski definition) is 1. The van der Waals surface area contributed by atoms with Crippen molar-refractivity contribution in [2.24, 2.45) is 0 Å². The summed E-state index contributed by atoms with van der Waals surface area (Å²) < 4.78 is 29.1. The Labute approximate surface area is 124 Å². The summed E-state index contributed by atoms with van der Waals surface area (Å²) in [7, 11) is 0. The van der Waals surface area contributed by atoms with Crippen molar-refractivity contribution in [1.29, 1.82) is 0 Å². The van der Waals surface area contributed by atoms with Gasteiger partial charge in [0.1, 0.15) is 10.4 Å². The molecule has 0 unspecified atom stereocenters. The standard InChI is InChI=1S/C14H13BrF2N2O/c15-13-3-1-2-11(19-13)9-18-8-10-4-6-12(7-5-10)20-14(16)17/h1-7,14,18H,8-9H2. The number of halogens is 3. The molecule has 0 radical (unpaired) electrons. The summed E-state index contributed by atoms with van der Waals surface area (Å²) in [6, 6.07) is 12.3. The van der Waals surface area contributed by atoms with Crippen LogP contribution in [0.3, 0.4) is 0 Å². The topological polar surface area (TPSA) is 34.1 Å². The second-order valence-electron chi connectivity index (χ2n) is 4.08. The first-order valence-corrected chi connectivity index (χ1v) is 6.79. The van der Waals surface area contributed by atoms with Gasteiger partial charge in [0.05, 0.1) is 5.69 Å². The molecular formula is C14H13BrF2N2O. The molecule has 6 heteroatoms. The maximum atomic E-state index is 12.0. The minimum Gasteiger partial charge on any atom is -0.435 e. The highest BCUT2D eigenvalue weighted by Gasteiger charge is 2.03. The van der Waals surface area contributed by atoms with Crippen LogP contribution in [-0.2, 0) is 13.1 Å². The molecule has 0 aliphatic rings. The quantitative estimate of drug-likeness (QED) is 0.812. The Hall–Kier alpha value is -1.53. The van der Waals surface area contributed by atoms with Crippen molar-refractivity contribution in [1.82, 2.24) is 10.3 Å². The molecule has 0 atom stereocenters. The van der Waals surface area contributed by atoms with Crippen molar-refractivity contribution in [3.8, 4) is 5.75 Å². The van der Waals surface area contributed by atoms with Crippen LogP contribution >= 0.6 is 15.9 Å². The summed E-state index contributed by atoms with van der Waals surface area (Å²) in [5, 5.41) is 3.23. The third-order valence-corrected chi connectivity index (χ3v) is 3.00. The van der Waals surface area contributed by atoms with Gasteiger partial charge in [-0.1, -0.05) is 18.2 Å². The van der Waals surface area contributed by atoms with Gasteiger partial charge in [-0.25, -0.2) is 4.98 Å². The van der Waals surface area contributed by atoms with Crippen LogP contribution in [-0.4, -0.2) is 11.6 Å². The van der Waals surface area contributed by atoms with Crippen molar-refractivity contribution in [3.05, 3.63) is 58.3 Å². The molecule has 0 amide bonds. The lowest BCUT2D eigenvalue weighted by Gasteiger charge is -2.07. The van der Waals surface area contributed by atoms with Gasteiger partial charge in [0, 0.05) is 13.1 Å². The SMILES string of the molecule is FC(F)Oc1ccc(CNCc2cccc(Br)n2)cc1. The number of pyridine rings is 1. The highest BCUT2D eigenvalue weighted by Crippen LogP contribution is 2.14. The van der Waals surface area contributed by atoms with Crippen LogP contribution in [0.5, 0.6) is 5.75 Å². The van der Waals surface area contributed by atoms with Crippen molar-refractivity contribution in [2.45, 2.75) is 19.7 Å². The molecule has 2 rings (SSSR count). The van der Waals surface area contributed by atoms with Gasteiger partial charge in [0.2, 0.25) is 0 Å². The van der Waals surface area contributed by atoms with Gasteiger partial charge in [-0.05, 0) is 45.8 Å². The molecule has 1 aromatic carbocycles. The van der Waals surface area contributed by atoms with Gasteiger partial charge in [0.15, 0.2) is 0 Å². The van der Waals surface area contributed by atoms with Crippen LogP contribution in [0, 0.1) is 0 Å². The summed E-state index contributed by atoms with van der Waals surface area (Å²) in [5.74, 6) is 0.164. The smallest absolute Gasteiger partial charge is 0.387 e. The number of rotatable bonds is 6. The van der Waals surface area contributed by atoms with E-state index in [1.807, 2.05) is 18.2 Å². The zero-order valence-electron chi connectivity index (χ0n) is 10.5. The molecule has 1 aromatic heterocycles. The molecule has 0 bridgehead atoms. The molecular weight excluding hydrogens is 330 g/mol. The first-order chi connectivity index (χ1) is 9.63. The van der Waals surface area contributed by atoms with Gasteiger partial charge in [-0.15, -0.1) is 0 Å². The molecule has 0 aliphatic heterocycles. The Bertz CT molecular complexity index is 549. The third-order valence-electron chi connectivity index (χ3n) is 2.56. The Kier molecular flexibility index (Phi) is 5.43. The van der Waals surface area contributed by atoms with Gasteiger partial charge < -0.3 is 10.1 Å². The second-order valence-corrected chi connectivity index (χ2v) is 4.89. The molecule has 0 aliphatic carbocycles. The molecule has 20 heavy (non-hydrogen) atoms. The van der Waals surface area contributed by atoms with Crippen molar-refractivity contribution < 1.29 is 13.5 Å². The lowest BCUT2D eigenvalue weighted by atomic mass is 10.2. The lowest BCUT2D eigenvalue weighted by Crippen LogP contribution is -2.13. The number of aromatic nitrogens is 1. The Morgan fingerprint density at radius 1 is 1.10 bits per heavy atom. The van der Waals surface area contributed by atoms with Crippen molar-refractivity contribution in [2.75, 3.05) is 0 Å². The maximum absolute atomic E-state index is 12.0. The molecule has 0 saturated heterocycles. The fraction of sp³-hybridized carbons (Fsp3) is 0.214. The average Bonchev–Trinajstić information content (AvgIpc) is 2.40. The first kappa shape index (κ1) is 14.9. The van der Waals surface area contributed by atoms with E-state index >= 15 is 0 Å². The Morgan fingerprint density at radius 2 is 1.85 bits per heavy atom. The summed E-state index contributed by atoms with van der Waals surface area (Å²) in [6.07, 6.45) is 0. The molecule has 0 fully saturated rings. The highest BCUT2D eigenvalue weighted by atomic mass is 79.9. The largest absolute Gasteiger partial charge is 0.435 e. The van der Waals surface area contributed by atoms with E-state index in [0.29, 0.717) is 13.1 Å². The van der Waals surface area contributed by atoms with E-state index in [-0.39, 0.29) is 5.75 Å². The van der Waals surface area contributed by atoms with Crippen LogP contribution in [0.25, 0.3) is 0 Å². The van der Waals surface area contributed by atoms with Crippen LogP contribution in [0.1, 0.15) is 11.3 Å². The molecule has 0 spiro atoms. The molecule has 3 nitrogen and oxygen atoms in total. The van der Waals surface area contributed by atoms with Crippen molar-refractivity contribution >= 4 is 15.9 Å². The molecule has 106 valence electrons. The average molecular weight is 343 g/mol. The summed E-state index contributed by atoms with van der Waals surface area (Å²) >= 11 is 3.31. The van der Waals surface area contributed by atoms with E-state index in [9.17, 15) is 8.78 Å². The summed E-state index contributed by atoms with van der Waals surface area (Å²) in [6.45, 7) is -1.53. The highest BCUT2D eigenvalue weighted by molar-refractivity contribution is 9.10. The number of ether oxygens (including phenoxy) is 1. The van der Waals surface area contributed by atoms with Gasteiger partial charge in [0.25, 0.3) is 0 Å². The normalized spacial score (nSPS) is 10.8. The van der Waals surface area contributed by atoms with Gasteiger partial charge >= 0.3 is 6.61 Å². The Morgan fingerprint density at radius 3 is 2.50 bits per heavy atom. The van der Waals surface area contributed by atoms with Gasteiger partial charge in [-0.3, -0.25) is 0 Å². The van der Waals surface area contributed by atoms with Crippen molar-refractivity contribution in [3.63, 3.8) is 0 Å². The predicted octanol–water partition coefficient (Wildman–Crippen LogP) is 3.74. The third kappa shape index (κ3) is 4.86. The maximum Gasteiger partial charge on any atom is 0.387 e. The fourth-order valence-corrected chi connectivity index (χ4v) is 2.05. The molecule has 0 saturated carbocycles. The van der Waals surface area contributed by atoms with Crippen LogP contribution in [0.4, 0.5) is 8.78 Å². The number of alkyl halides is 2. The summed E-state index contributed by atoms with van der Waals surface area (Å²) in [4.78, 5) is 4.30. The second kappa shape index (κ2) is 7.31. The number of nitrogens with one attached hydrogen (secondary N) is 1. The molecule has 1 heterocycles. The lowest BCUT2D eigenvalue weighted by molar-refractivity contribution is -0.0498. The minimum atomic E-state index is -2.79. The summed E-state index contributed by atoms with van der Waals surface area (Å²) in [5.41, 5.74) is 1.92. The van der Waals surface area contributed by atoms with E-state index in [0.717, 1.165) is 15.9 Å². The zero-order chi connectivity index (χ0) is 14.4. The fourth-order valence-electron chi connectivity index (χ4n) is 1.67. The van der Waals surface area contributed by atoms with Crippen LogP contribution in [0.15, 0.2) is 47.1 Å². The Balaban J connectivity index is 1.82. The minimum absolute atomic E-state index is 0.164. The van der Waals surface area contributed by atoms with Crippen LogP contribution in [0.2, 0.25) is 0 Å². The number of nitrogens with zero attached hydrogens (tertiary/aromatic N) is 1. The number of hydrogen-bond acceptors (Lipinski definition) is 3. The van der Waals surface area contributed by atoms with E-state index in [4.69, 9.17) is 0 Å². The van der Waals surface area contributed by atoms with E-state index in [2.05, 4.69) is 31.0 Å².